The van der Waals surface area contributed by atoms with Gasteiger partial charge in [0.1, 0.15) is 6.04 Å². The van der Waals surface area contributed by atoms with E-state index in [4.69, 9.17) is 0 Å². The second-order valence-electron chi connectivity index (χ2n) is 8.33. The normalized spacial score (nSPS) is 16.3. The molecule has 0 aromatic heterocycles. The fourth-order valence-electron chi connectivity index (χ4n) is 3.97. The molecule has 186 valence electrons. The molecule has 4 nitrogen and oxygen atoms in total. The molecule has 10 heteroatoms. The highest BCUT2D eigenvalue weighted by Crippen LogP contribution is 2.36. The standard InChI is InChI=1S/C24H27F6N3O/c25-23(26,27)19-13-17(14-20(15-19)24(28,29)30)16-32-22(34)21(18-7-3-1-4-8-18)31-9-12-33-10-5-2-6-11-33/h1,3-4,7-8,13-15,21,31H,2,5-6,9-12,16H2,(H,32,34)/t21-/m0/s1. The Bertz CT molecular complexity index is 908. The molecule has 34 heavy (non-hydrogen) atoms. The van der Waals surface area contributed by atoms with E-state index in [0.29, 0.717) is 24.2 Å². The van der Waals surface area contributed by atoms with Gasteiger partial charge in [0.05, 0.1) is 11.1 Å². The van der Waals surface area contributed by atoms with E-state index in [-0.39, 0.29) is 11.6 Å². The summed E-state index contributed by atoms with van der Waals surface area (Å²) >= 11 is 0. The molecule has 1 saturated heterocycles. The topological polar surface area (TPSA) is 44.4 Å². The van der Waals surface area contributed by atoms with E-state index >= 15 is 0 Å². The van der Waals surface area contributed by atoms with Gasteiger partial charge in [-0.3, -0.25) is 4.79 Å². The van der Waals surface area contributed by atoms with Crippen molar-refractivity contribution in [1.82, 2.24) is 15.5 Å². The number of carbonyl (C=O) groups is 1. The number of rotatable bonds is 8. The molecule has 1 heterocycles. The molecule has 2 N–H and O–H groups in total. The number of nitrogens with one attached hydrogen (secondary N) is 2. The summed E-state index contributed by atoms with van der Waals surface area (Å²) in [5, 5.41) is 5.67. The van der Waals surface area contributed by atoms with Crippen LogP contribution in [0.15, 0.2) is 48.5 Å². The Morgan fingerprint density at radius 2 is 1.47 bits per heavy atom. The summed E-state index contributed by atoms with van der Waals surface area (Å²) in [7, 11) is 0. The van der Waals surface area contributed by atoms with Gasteiger partial charge in [-0.05, 0) is 55.3 Å². The molecule has 1 atom stereocenters. The van der Waals surface area contributed by atoms with Gasteiger partial charge in [-0.25, -0.2) is 0 Å². The minimum atomic E-state index is -4.94. The molecule has 0 spiro atoms. The number of likely N-dealkylation sites (tertiary alicyclic amines) is 1. The molecule has 0 saturated carbocycles. The third-order valence-corrected chi connectivity index (χ3v) is 5.73. The van der Waals surface area contributed by atoms with Gasteiger partial charge in [-0.2, -0.15) is 26.3 Å². The first kappa shape index (κ1) is 26.0. The Balaban J connectivity index is 1.71. The van der Waals surface area contributed by atoms with Gasteiger partial charge in [-0.15, -0.1) is 0 Å². The second kappa shape index (κ2) is 11.2. The first-order valence-corrected chi connectivity index (χ1v) is 11.1. The second-order valence-corrected chi connectivity index (χ2v) is 8.33. The summed E-state index contributed by atoms with van der Waals surface area (Å²) in [6, 6.07) is 9.30. The summed E-state index contributed by atoms with van der Waals surface area (Å²) < 4.78 is 78.7. The molecule has 0 radical (unpaired) electrons. The van der Waals surface area contributed by atoms with Crippen LogP contribution in [-0.4, -0.2) is 37.0 Å². The predicted molar refractivity (Wildman–Crippen MR) is 116 cm³/mol. The zero-order valence-corrected chi connectivity index (χ0v) is 18.5. The zero-order valence-electron chi connectivity index (χ0n) is 18.5. The maximum atomic E-state index is 13.1. The average molecular weight is 487 g/mol. The van der Waals surface area contributed by atoms with Crippen molar-refractivity contribution in [2.75, 3.05) is 26.2 Å². The van der Waals surface area contributed by atoms with Crippen LogP contribution in [0.3, 0.4) is 0 Å². The fourth-order valence-corrected chi connectivity index (χ4v) is 3.97. The van der Waals surface area contributed by atoms with Crippen LogP contribution in [0.25, 0.3) is 0 Å². The first-order valence-electron chi connectivity index (χ1n) is 11.1. The van der Waals surface area contributed by atoms with Crippen molar-refractivity contribution in [3.8, 4) is 0 Å². The Morgan fingerprint density at radius 3 is 2.03 bits per heavy atom. The lowest BCUT2D eigenvalue weighted by atomic mass is 10.0. The Hall–Kier alpha value is -2.59. The Labute approximate surface area is 194 Å². The number of benzene rings is 2. The highest BCUT2D eigenvalue weighted by Gasteiger charge is 2.37. The average Bonchev–Trinajstić information content (AvgIpc) is 2.80. The summed E-state index contributed by atoms with van der Waals surface area (Å²) in [5.74, 6) is -0.532. The maximum absolute atomic E-state index is 13.1. The number of piperidine rings is 1. The smallest absolute Gasteiger partial charge is 0.350 e. The summed E-state index contributed by atoms with van der Waals surface area (Å²) in [6.07, 6.45) is -6.44. The Morgan fingerprint density at radius 1 is 0.882 bits per heavy atom. The number of carbonyl (C=O) groups excluding carboxylic acids is 1. The van der Waals surface area contributed by atoms with Crippen molar-refractivity contribution in [2.24, 2.45) is 0 Å². The minimum absolute atomic E-state index is 0.0697. The molecule has 2 aromatic rings. The number of hydrogen-bond acceptors (Lipinski definition) is 3. The van der Waals surface area contributed by atoms with Crippen LogP contribution in [0.4, 0.5) is 26.3 Å². The quantitative estimate of drug-likeness (QED) is 0.506. The molecule has 0 aliphatic carbocycles. The van der Waals surface area contributed by atoms with Crippen LogP contribution in [0.5, 0.6) is 0 Å². The molecule has 1 fully saturated rings. The summed E-state index contributed by atoms with van der Waals surface area (Å²) in [5.41, 5.74) is -2.45. The molecule has 3 rings (SSSR count). The molecule has 0 bridgehead atoms. The maximum Gasteiger partial charge on any atom is 0.416 e. The fraction of sp³-hybridized carbons (Fsp3) is 0.458. The van der Waals surface area contributed by atoms with Gasteiger partial charge in [0.15, 0.2) is 0 Å². The molecular weight excluding hydrogens is 460 g/mol. The lowest BCUT2D eigenvalue weighted by molar-refractivity contribution is -0.143. The van der Waals surface area contributed by atoms with Crippen LogP contribution >= 0.6 is 0 Å². The third-order valence-electron chi connectivity index (χ3n) is 5.73. The SMILES string of the molecule is O=C(NCc1cc(C(F)(F)F)cc(C(F)(F)F)c1)[C@@H](NCCN1CCCCC1)c1ccccc1. The van der Waals surface area contributed by atoms with Gasteiger partial charge in [0, 0.05) is 19.6 Å². The lowest BCUT2D eigenvalue weighted by Gasteiger charge is -2.27. The van der Waals surface area contributed by atoms with E-state index in [9.17, 15) is 31.1 Å². The lowest BCUT2D eigenvalue weighted by Crippen LogP contribution is -2.41. The monoisotopic (exact) mass is 487 g/mol. The van der Waals surface area contributed by atoms with Crippen LogP contribution < -0.4 is 10.6 Å². The van der Waals surface area contributed by atoms with Crippen molar-refractivity contribution in [3.05, 3.63) is 70.8 Å². The van der Waals surface area contributed by atoms with Gasteiger partial charge >= 0.3 is 12.4 Å². The number of alkyl halides is 6. The van der Waals surface area contributed by atoms with Crippen molar-refractivity contribution in [3.63, 3.8) is 0 Å². The van der Waals surface area contributed by atoms with E-state index in [0.717, 1.165) is 32.5 Å². The Kier molecular flexibility index (Phi) is 8.59. The zero-order chi connectivity index (χ0) is 24.8. The first-order chi connectivity index (χ1) is 16.0. The highest BCUT2D eigenvalue weighted by atomic mass is 19.4. The van der Waals surface area contributed by atoms with Crippen LogP contribution in [-0.2, 0) is 23.7 Å². The van der Waals surface area contributed by atoms with Crippen molar-refractivity contribution in [2.45, 2.75) is 44.2 Å². The van der Waals surface area contributed by atoms with Gasteiger partial charge in [-0.1, -0.05) is 36.8 Å². The predicted octanol–water partition coefficient (Wildman–Crippen LogP) is 5.16. The number of amides is 1. The minimum Gasteiger partial charge on any atom is -0.350 e. The van der Waals surface area contributed by atoms with Crippen molar-refractivity contribution in [1.29, 1.82) is 0 Å². The van der Waals surface area contributed by atoms with E-state index in [1.807, 2.05) is 0 Å². The number of halogens is 6. The van der Waals surface area contributed by atoms with Gasteiger partial charge in [0.2, 0.25) is 5.91 Å². The van der Waals surface area contributed by atoms with E-state index in [1.54, 1.807) is 30.3 Å². The van der Waals surface area contributed by atoms with Gasteiger partial charge < -0.3 is 15.5 Å². The number of hydrogen-bond donors (Lipinski definition) is 2. The van der Waals surface area contributed by atoms with Crippen LogP contribution in [0, 0.1) is 0 Å². The van der Waals surface area contributed by atoms with Crippen LogP contribution in [0.1, 0.15) is 47.6 Å². The molecule has 1 aliphatic heterocycles. The molecule has 2 aromatic carbocycles. The molecule has 1 amide bonds. The van der Waals surface area contributed by atoms with E-state index < -0.39 is 42.0 Å². The molecule has 1 aliphatic rings. The van der Waals surface area contributed by atoms with E-state index in [2.05, 4.69) is 15.5 Å². The van der Waals surface area contributed by atoms with Crippen molar-refractivity contribution >= 4 is 5.91 Å². The van der Waals surface area contributed by atoms with E-state index in [1.165, 1.54) is 6.42 Å². The molecule has 0 unspecified atom stereocenters. The largest absolute Gasteiger partial charge is 0.416 e. The number of nitrogens with zero attached hydrogens (tertiary/aromatic N) is 1. The summed E-state index contributed by atoms with van der Waals surface area (Å²) in [4.78, 5) is 15.2. The highest BCUT2D eigenvalue weighted by molar-refractivity contribution is 5.83. The molecular formula is C24H27F6N3O. The summed E-state index contributed by atoms with van der Waals surface area (Å²) in [6.45, 7) is 2.75. The van der Waals surface area contributed by atoms with Gasteiger partial charge in [0.25, 0.3) is 0 Å². The third kappa shape index (κ3) is 7.46. The van der Waals surface area contributed by atoms with Crippen LogP contribution in [0.2, 0.25) is 0 Å². The van der Waals surface area contributed by atoms with Crippen molar-refractivity contribution < 1.29 is 31.1 Å².